The summed E-state index contributed by atoms with van der Waals surface area (Å²) >= 11 is 0. The maximum absolute atomic E-state index is 7.22. The van der Waals surface area contributed by atoms with Crippen LogP contribution in [0.25, 0.3) is 0 Å². The van der Waals surface area contributed by atoms with Crippen molar-refractivity contribution in [3.8, 4) is 0 Å². The number of methoxy groups -OCH3 is 1. The van der Waals surface area contributed by atoms with Gasteiger partial charge in [-0.1, -0.05) is 0 Å². The minimum atomic E-state index is -0.216. The largest absolute Gasteiger partial charge is 0.396 e. The molecule has 76 valence electrons. The van der Waals surface area contributed by atoms with E-state index in [0.29, 0.717) is 18.0 Å². The van der Waals surface area contributed by atoms with Gasteiger partial charge in [-0.05, 0) is 20.8 Å². The second kappa shape index (κ2) is 4.87. The monoisotopic (exact) mass is 185 g/mol. The molecule has 0 unspecified atom stereocenters. The zero-order valence-corrected chi connectivity index (χ0v) is 8.77. The van der Waals surface area contributed by atoms with Crippen LogP contribution in [-0.2, 0) is 4.74 Å². The Balaban J connectivity index is 3.92. The molecular weight excluding hydrogens is 166 g/mol. The maximum atomic E-state index is 7.22. The van der Waals surface area contributed by atoms with Gasteiger partial charge in [0.05, 0.1) is 17.0 Å². The first kappa shape index (κ1) is 12.0. The highest BCUT2D eigenvalue weighted by molar-refractivity contribution is 5.94. The minimum absolute atomic E-state index is 0.216. The van der Waals surface area contributed by atoms with Crippen molar-refractivity contribution >= 4 is 5.71 Å². The lowest BCUT2D eigenvalue weighted by atomic mass is 10.1. The molecule has 0 aliphatic rings. The molecule has 4 N–H and O–H groups in total. The minimum Gasteiger partial charge on any atom is -0.396 e. The molecule has 0 spiro atoms. The molecule has 0 aliphatic heterocycles. The first-order valence-electron chi connectivity index (χ1n) is 4.19. The Labute approximate surface area is 79.7 Å². The predicted octanol–water partition coefficient (Wildman–Crippen LogP) is 0.841. The number of rotatable bonds is 5. The number of hydrogen-bond donors (Lipinski definition) is 3. The summed E-state index contributed by atoms with van der Waals surface area (Å²) in [4.78, 5) is 0. The third-order valence-corrected chi connectivity index (χ3v) is 1.77. The average molecular weight is 185 g/mol. The normalized spacial score (nSPS) is 12.8. The molecule has 0 bridgehead atoms. The van der Waals surface area contributed by atoms with E-state index in [0.717, 1.165) is 0 Å². The number of ether oxygens (including phenoxy) is 1. The molecule has 4 nitrogen and oxygen atoms in total. The van der Waals surface area contributed by atoms with E-state index in [1.807, 2.05) is 13.8 Å². The van der Waals surface area contributed by atoms with Crippen molar-refractivity contribution in [3.05, 3.63) is 11.9 Å². The fourth-order valence-corrected chi connectivity index (χ4v) is 0.587. The average Bonchev–Trinajstić information content (AvgIpc) is 2.04. The van der Waals surface area contributed by atoms with E-state index in [9.17, 15) is 0 Å². The molecule has 0 aromatic rings. The Bertz CT molecular complexity index is 209. The quantitative estimate of drug-likeness (QED) is 0.556. The van der Waals surface area contributed by atoms with Crippen LogP contribution in [0.2, 0.25) is 0 Å². The first-order chi connectivity index (χ1) is 5.89. The van der Waals surface area contributed by atoms with E-state index in [2.05, 4.69) is 5.32 Å². The lowest BCUT2D eigenvalue weighted by Crippen LogP contribution is -2.35. The summed E-state index contributed by atoms with van der Waals surface area (Å²) in [7, 11) is 1.66. The lowest BCUT2D eigenvalue weighted by Gasteiger charge is -2.22. The molecule has 4 heteroatoms. The first-order valence-corrected chi connectivity index (χ1v) is 4.19. The summed E-state index contributed by atoms with van der Waals surface area (Å²) in [6.45, 7) is 6.26. The second-order valence-corrected chi connectivity index (χ2v) is 3.57. The molecule has 0 saturated heterocycles. The SMILES string of the molecule is COC(C)(C)CN/C=C(/N)C(C)=N. The summed E-state index contributed by atoms with van der Waals surface area (Å²) in [6, 6.07) is 0. The Morgan fingerprint density at radius 2 is 2.15 bits per heavy atom. The fourth-order valence-electron chi connectivity index (χ4n) is 0.587. The highest BCUT2D eigenvalue weighted by Gasteiger charge is 2.14. The molecule has 0 fully saturated rings. The van der Waals surface area contributed by atoms with E-state index >= 15 is 0 Å². The van der Waals surface area contributed by atoms with Crippen LogP contribution in [-0.4, -0.2) is 25.0 Å². The maximum Gasteiger partial charge on any atom is 0.0794 e. The van der Waals surface area contributed by atoms with Gasteiger partial charge in [0, 0.05) is 19.9 Å². The Morgan fingerprint density at radius 1 is 1.62 bits per heavy atom. The highest BCUT2D eigenvalue weighted by Crippen LogP contribution is 2.04. The van der Waals surface area contributed by atoms with Gasteiger partial charge in [-0.3, -0.25) is 0 Å². The van der Waals surface area contributed by atoms with Gasteiger partial charge in [-0.25, -0.2) is 0 Å². The second-order valence-electron chi connectivity index (χ2n) is 3.57. The van der Waals surface area contributed by atoms with Crippen molar-refractivity contribution < 1.29 is 4.74 Å². The summed E-state index contributed by atoms with van der Waals surface area (Å²) in [5, 5.41) is 10.2. The van der Waals surface area contributed by atoms with Gasteiger partial charge in [0.25, 0.3) is 0 Å². The predicted molar refractivity (Wildman–Crippen MR) is 54.8 cm³/mol. The molecule has 0 atom stereocenters. The van der Waals surface area contributed by atoms with Gasteiger partial charge >= 0.3 is 0 Å². The Kier molecular flexibility index (Phi) is 4.48. The van der Waals surface area contributed by atoms with Crippen LogP contribution in [0.3, 0.4) is 0 Å². The van der Waals surface area contributed by atoms with Crippen molar-refractivity contribution in [1.29, 1.82) is 5.41 Å². The summed E-state index contributed by atoms with van der Waals surface area (Å²) in [5.41, 5.74) is 6.12. The van der Waals surface area contributed by atoms with E-state index in [4.69, 9.17) is 15.9 Å². The van der Waals surface area contributed by atoms with Gasteiger partial charge in [-0.2, -0.15) is 0 Å². The van der Waals surface area contributed by atoms with E-state index in [1.165, 1.54) is 0 Å². The van der Waals surface area contributed by atoms with Crippen molar-refractivity contribution in [2.75, 3.05) is 13.7 Å². The Hall–Kier alpha value is -1.03. The van der Waals surface area contributed by atoms with Crippen LogP contribution in [0, 0.1) is 5.41 Å². The molecule has 0 heterocycles. The fraction of sp³-hybridized carbons (Fsp3) is 0.667. The third kappa shape index (κ3) is 5.25. The van der Waals surface area contributed by atoms with E-state index < -0.39 is 0 Å². The number of nitrogens with one attached hydrogen (secondary N) is 2. The molecule has 0 aromatic heterocycles. The van der Waals surface area contributed by atoms with Gasteiger partial charge < -0.3 is 21.2 Å². The smallest absolute Gasteiger partial charge is 0.0794 e. The lowest BCUT2D eigenvalue weighted by molar-refractivity contribution is 0.0259. The summed E-state index contributed by atoms with van der Waals surface area (Å²) < 4.78 is 5.19. The van der Waals surface area contributed by atoms with Crippen LogP contribution in [0.4, 0.5) is 0 Å². The topological polar surface area (TPSA) is 71.1 Å². The van der Waals surface area contributed by atoms with Crippen molar-refractivity contribution in [2.45, 2.75) is 26.4 Å². The third-order valence-electron chi connectivity index (χ3n) is 1.77. The van der Waals surface area contributed by atoms with Crippen molar-refractivity contribution in [1.82, 2.24) is 5.32 Å². The van der Waals surface area contributed by atoms with E-state index in [1.54, 1.807) is 20.2 Å². The van der Waals surface area contributed by atoms with Gasteiger partial charge in [0.1, 0.15) is 0 Å². The standard InChI is InChI=1S/C9H19N3O/c1-7(10)8(11)5-12-6-9(2,3)13-4/h5,10,12H,6,11H2,1-4H3/b8-5+,10-7?. The van der Waals surface area contributed by atoms with Crippen molar-refractivity contribution in [2.24, 2.45) is 5.73 Å². The van der Waals surface area contributed by atoms with Crippen LogP contribution in [0.15, 0.2) is 11.9 Å². The molecule has 0 aliphatic carbocycles. The van der Waals surface area contributed by atoms with Crippen molar-refractivity contribution in [3.63, 3.8) is 0 Å². The van der Waals surface area contributed by atoms with Gasteiger partial charge in [0.2, 0.25) is 0 Å². The number of allylic oxidation sites excluding steroid dienone is 1. The number of hydrogen-bond acceptors (Lipinski definition) is 4. The van der Waals surface area contributed by atoms with Gasteiger partial charge in [0.15, 0.2) is 0 Å². The summed E-state index contributed by atoms with van der Waals surface area (Å²) in [5.74, 6) is 0. The van der Waals surface area contributed by atoms with Crippen LogP contribution in [0.1, 0.15) is 20.8 Å². The Morgan fingerprint density at radius 3 is 2.54 bits per heavy atom. The molecule has 0 rings (SSSR count). The van der Waals surface area contributed by atoms with Crippen LogP contribution < -0.4 is 11.1 Å². The van der Waals surface area contributed by atoms with Gasteiger partial charge in [-0.15, -0.1) is 0 Å². The van der Waals surface area contributed by atoms with E-state index in [-0.39, 0.29) is 5.60 Å². The van der Waals surface area contributed by atoms with Crippen LogP contribution in [0.5, 0.6) is 0 Å². The highest BCUT2D eigenvalue weighted by atomic mass is 16.5. The molecule has 0 radical (unpaired) electrons. The zero-order valence-electron chi connectivity index (χ0n) is 8.77. The molecule has 0 amide bonds. The zero-order chi connectivity index (χ0) is 10.5. The van der Waals surface area contributed by atoms with Crippen LogP contribution >= 0.6 is 0 Å². The number of nitrogens with two attached hydrogens (primary N) is 1. The molecular formula is C9H19N3O. The molecule has 0 aromatic carbocycles. The molecule has 13 heavy (non-hydrogen) atoms. The summed E-state index contributed by atoms with van der Waals surface area (Å²) in [6.07, 6.45) is 1.63. The molecule has 0 saturated carbocycles.